The molecule has 0 heterocycles. The summed E-state index contributed by atoms with van der Waals surface area (Å²) in [5, 5.41) is 2.99. The number of hydrogen-bond donors (Lipinski definition) is 1. The lowest BCUT2D eigenvalue weighted by Crippen LogP contribution is -2.59. The molecule has 3 nitrogen and oxygen atoms in total. The molecule has 3 aromatic carbocycles. The topological polar surface area (TPSA) is 32.3 Å². The number of para-hydroxylation sites is 2. The van der Waals surface area contributed by atoms with Gasteiger partial charge < -0.3 is 5.32 Å². The third kappa shape index (κ3) is 4.39. The maximum absolute atomic E-state index is 14.2. The van der Waals surface area contributed by atoms with Crippen LogP contribution in [-0.2, 0) is 4.79 Å². The van der Waals surface area contributed by atoms with Gasteiger partial charge in [-0.2, -0.15) is 30.7 Å². The van der Waals surface area contributed by atoms with Gasteiger partial charge in [-0.25, -0.2) is 0 Å². The number of nitrogens with one attached hydrogen (secondary N) is 1. The molecule has 0 aliphatic carbocycles. The molecule has 0 saturated carbocycles. The van der Waals surface area contributed by atoms with Gasteiger partial charge in [-0.3, -0.25) is 9.69 Å². The Morgan fingerprint density at radius 1 is 0.625 bits per heavy atom. The molecular weight excluding hydrogens is 441 g/mol. The number of anilines is 4. The van der Waals surface area contributed by atoms with Crippen LogP contribution in [0.3, 0.4) is 0 Å². The number of rotatable bonds is 6. The lowest BCUT2D eigenvalue weighted by atomic mass is 10.1. The van der Waals surface area contributed by atoms with Gasteiger partial charge in [0.15, 0.2) is 0 Å². The molecule has 1 amide bonds. The zero-order chi connectivity index (χ0) is 23.6. The van der Waals surface area contributed by atoms with Crippen LogP contribution in [0.5, 0.6) is 0 Å². The third-order valence-corrected chi connectivity index (χ3v) is 4.42. The first-order valence-electron chi connectivity index (χ1n) is 9.09. The van der Waals surface area contributed by atoms with Gasteiger partial charge in [0.1, 0.15) is 0 Å². The molecule has 32 heavy (non-hydrogen) atoms. The molecule has 0 saturated heterocycles. The second-order valence-electron chi connectivity index (χ2n) is 6.66. The normalized spacial score (nSPS) is 12.3. The maximum atomic E-state index is 14.2. The van der Waals surface area contributed by atoms with Gasteiger partial charge in [0.05, 0.1) is 0 Å². The van der Waals surface area contributed by atoms with Crippen molar-refractivity contribution in [3.63, 3.8) is 0 Å². The Bertz CT molecular complexity index is 1050. The molecule has 0 radical (unpaired) electrons. The highest BCUT2D eigenvalue weighted by molar-refractivity contribution is 6.05. The largest absolute Gasteiger partial charge is 0.460 e. The Balaban J connectivity index is 2.00. The van der Waals surface area contributed by atoms with Crippen LogP contribution in [0.25, 0.3) is 0 Å². The first kappa shape index (κ1) is 23.1. The molecule has 1 N–H and O–H groups in total. The van der Waals surface area contributed by atoms with Crippen molar-refractivity contribution in [3.8, 4) is 0 Å². The second-order valence-corrected chi connectivity index (χ2v) is 6.66. The van der Waals surface area contributed by atoms with Crippen LogP contribution in [0.2, 0.25) is 0 Å². The van der Waals surface area contributed by atoms with E-state index in [0.717, 1.165) is 24.3 Å². The van der Waals surface area contributed by atoms with E-state index in [9.17, 15) is 35.5 Å². The van der Waals surface area contributed by atoms with E-state index >= 15 is 0 Å². The maximum Gasteiger partial charge on any atom is 0.460 e. The van der Waals surface area contributed by atoms with Crippen LogP contribution in [0.15, 0.2) is 84.9 Å². The van der Waals surface area contributed by atoms with Crippen molar-refractivity contribution in [1.82, 2.24) is 0 Å². The van der Waals surface area contributed by atoms with Crippen LogP contribution in [0.1, 0.15) is 0 Å². The average Bonchev–Trinajstić information content (AvgIpc) is 2.75. The van der Waals surface area contributed by atoms with Crippen molar-refractivity contribution in [2.75, 3.05) is 10.2 Å². The van der Waals surface area contributed by atoms with Crippen LogP contribution < -0.4 is 10.2 Å². The van der Waals surface area contributed by atoms with Gasteiger partial charge in [0, 0.05) is 22.7 Å². The van der Waals surface area contributed by atoms with E-state index in [4.69, 9.17) is 0 Å². The van der Waals surface area contributed by atoms with Crippen molar-refractivity contribution in [2.45, 2.75) is 18.0 Å². The van der Waals surface area contributed by atoms with E-state index in [1.165, 1.54) is 30.3 Å². The Labute approximate surface area is 178 Å². The molecule has 10 heteroatoms. The highest BCUT2D eigenvalue weighted by Gasteiger charge is 2.77. The summed E-state index contributed by atoms with van der Waals surface area (Å²) in [4.78, 5) is 12.5. The highest BCUT2D eigenvalue weighted by Crippen LogP contribution is 2.48. The van der Waals surface area contributed by atoms with E-state index in [2.05, 4.69) is 5.32 Å². The molecule has 0 fully saturated rings. The van der Waals surface area contributed by atoms with E-state index in [1.54, 1.807) is 30.3 Å². The van der Waals surface area contributed by atoms with Crippen LogP contribution >= 0.6 is 0 Å². The summed E-state index contributed by atoms with van der Waals surface area (Å²) in [5.74, 6) is -15.3. The van der Waals surface area contributed by atoms with Crippen LogP contribution in [0, 0.1) is 0 Å². The molecule has 0 aliphatic rings. The third-order valence-electron chi connectivity index (χ3n) is 4.42. The summed E-state index contributed by atoms with van der Waals surface area (Å²) >= 11 is 0. The lowest BCUT2D eigenvalue weighted by Gasteiger charge is -2.32. The Hall–Kier alpha value is -3.56. The van der Waals surface area contributed by atoms with E-state index < -0.39 is 23.9 Å². The number of carbonyl (C=O) groups excluding carboxylic acids is 1. The zero-order valence-corrected chi connectivity index (χ0v) is 16.1. The Morgan fingerprint density at radius 2 is 1.06 bits per heavy atom. The molecule has 3 aromatic rings. The summed E-state index contributed by atoms with van der Waals surface area (Å²) in [5.41, 5.74) is 0.525. The van der Waals surface area contributed by atoms with Gasteiger partial charge in [-0.15, -0.1) is 0 Å². The summed E-state index contributed by atoms with van der Waals surface area (Å²) in [6, 6.07) is 20.2. The van der Waals surface area contributed by atoms with E-state index in [0.29, 0.717) is 11.4 Å². The fraction of sp³-hybridized carbons (Fsp3) is 0.136. The first-order valence-corrected chi connectivity index (χ1v) is 9.09. The van der Waals surface area contributed by atoms with Crippen molar-refractivity contribution < 1.29 is 35.5 Å². The minimum absolute atomic E-state index is 0.131. The molecule has 0 bridgehead atoms. The predicted octanol–water partition coefficient (Wildman–Crippen LogP) is 6.93. The molecule has 0 aromatic heterocycles. The minimum atomic E-state index is -6.63. The van der Waals surface area contributed by atoms with Gasteiger partial charge in [0.2, 0.25) is 0 Å². The summed E-state index contributed by atoms with van der Waals surface area (Å²) < 4.78 is 93.3. The highest BCUT2D eigenvalue weighted by atomic mass is 19.4. The van der Waals surface area contributed by atoms with Crippen LogP contribution in [-0.4, -0.2) is 23.9 Å². The Kier molecular flexibility index (Phi) is 6.16. The number of carbonyl (C=O) groups is 1. The molecule has 0 atom stereocenters. The molecule has 0 spiro atoms. The SMILES string of the molecule is O=C(N(c1ccccc1)c1ccc(Nc2ccccc2)cc1)C(F)(F)C(F)(F)C(F)(F)F. The number of alkyl halides is 7. The Morgan fingerprint density at radius 3 is 1.56 bits per heavy atom. The second kappa shape index (κ2) is 8.52. The average molecular weight is 456 g/mol. The molecule has 3 rings (SSSR count). The predicted molar refractivity (Wildman–Crippen MR) is 106 cm³/mol. The van der Waals surface area contributed by atoms with E-state index in [-0.39, 0.29) is 16.3 Å². The quantitative estimate of drug-likeness (QED) is 0.408. The number of amides is 1. The van der Waals surface area contributed by atoms with Crippen LogP contribution in [0.4, 0.5) is 53.5 Å². The standard InChI is InChI=1S/C22H15F7N2O/c23-20(24,21(25,26)22(27,28)29)19(32)31(17-9-5-2-6-10-17)18-13-11-16(12-14-18)30-15-7-3-1-4-8-15/h1-14,30H. The fourth-order valence-corrected chi connectivity index (χ4v) is 2.80. The number of benzene rings is 3. The zero-order valence-electron chi connectivity index (χ0n) is 16.1. The van der Waals surface area contributed by atoms with Gasteiger partial charge in [-0.1, -0.05) is 36.4 Å². The van der Waals surface area contributed by atoms with Crippen molar-refractivity contribution in [1.29, 1.82) is 0 Å². The summed E-state index contributed by atoms with van der Waals surface area (Å²) in [7, 11) is 0. The summed E-state index contributed by atoms with van der Waals surface area (Å²) in [6.07, 6.45) is -6.63. The van der Waals surface area contributed by atoms with Gasteiger partial charge in [-0.05, 0) is 48.5 Å². The summed E-state index contributed by atoms with van der Waals surface area (Å²) in [6.45, 7) is 0. The number of nitrogens with zero attached hydrogens (tertiary/aromatic N) is 1. The molecule has 0 unspecified atom stereocenters. The monoisotopic (exact) mass is 456 g/mol. The lowest BCUT2D eigenvalue weighted by molar-refractivity contribution is -0.343. The van der Waals surface area contributed by atoms with Crippen molar-refractivity contribution in [3.05, 3.63) is 84.9 Å². The molecule has 0 aliphatic heterocycles. The smallest absolute Gasteiger partial charge is 0.356 e. The molecular formula is C22H15F7N2O. The number of hydrogen-bond acceptors (Lipinski definition) is 2. The molecule has 168 valence electrons. The van der Waals surface area contributed by atoms with Gasteiger partial charge in [0.25, 0.3) is 0 Å². The van der Waals surface area contributed by atoms with Crippen molar-refractivity contribution in [2.24, 2.45) is 0 Å². The first-order chi connectivity index (χ1) is 14.9. The van der Waals surface area contributed by atoms with E-state index in [1.807, 2.05) is 0 Å². The van der Waals surface area contributed by atoms with Crippen molar-refractivity contribution >= 4 is 28.7 Å². The number of halogens is 7. The fourth-order valence-electron chi connectivity index (χ4n) is 2.80. The van der Waals surface area contributed by atoms with Gasteiger partial charge >= 0.3 is 23.9 Å². The minimum Gasteiger partial charge on any atom is -0.356 e.